The number of guanidine groups is 1. The molecule has 3 N–H and O–H groups in total. The number of hydrogen-bond donors (Lipinski definition) is 3. The first kappa shape index (κ1) is 25.9. The standard InChI is InChI=1S/C20H31ClN4O3.HI/c1-15-17(21)7-3-8-18(15)25-19(26)9-11-24-20(22-2)23-10-5-12-27-14-16-6-4-13-28-16;/h3,7-8,16H,4-6,9-14H2,1-2H3,(H,25,26)(H2,22,23,24);1H. The predicted molar refractivity (Wildman–Crippen MR) is 129 cm³/mol. The van der Waals surface area contributed by atoms with E-state index in [1.165, 1.54) is 0 Å². The first-order chi connectivity index (χ1) is 13.6. The number of ether oxygens (including phenoxy) is 2. The molecule has 1 saturated heterocycles. The van der Waals surface area contributed by atoms with E-state index in [0.717, 1.165) is 43.7 Å². The molecule has 0 bridgehead atoms. The third-order valence-electron chi connectivity index (χ3n) is 4.50. The van der Waals surface area contributed by atoms with Crippen molar-refractivity contribution < 1.29 is 14.3 Å². The second-order valence-electron chi connectivity index (χ2n) is 6.70. The Bertz CT molecular complexity index is 655. The molecule has 1 aromatic rings. The van der Waals surface area contributed by atoms with Gasteiger partial charge in [-0.2, -0.15) is 0 Å². The number of nitrogens with zero attached hydrogens (tertiary/aromatic N) is 1. The van der Waals surface area contributed by atoms with Crippen LogP contribution >= 0.6 is 35.6 Å². The summed E-state index contributed by atoms with van der Waals surface area (Å²) in [6.07, 6.45) is 3.70. The molecule has 7 nitrogen and oxygen atoms in total. The number of halogens is 2. The van der Waals surface area contributed by atoms with Crippen molar-refractivity contribution in [2.45, 2.75) is 38.7 Å². The smallest absolute Gasteiger partial charge is 0.226 e. The molecule has 164 valence electrons. The molecule has 1 amide bonds. The van der Waals surface area contributed by atoms with E-state index < -0.39 is 0 Å². The average molecular weight is 539 g/mol. The fourth-order valence-electron chi connectivity index (χ4n) is 2.84. The summed E-state index contributed by atoms with van der Waals surface area (Å²) in [5.41, 5.74) is 1.60. The number of carbonyl (C=O) groups excluding carboxylic acids is 1. The van der Waals surface area contributed by atoms with E-state index in [-0.39, 0.29) is 36.0 Å². The summed E-state index contributed by atoms with van der Waals surface area (Å²) in [5.74, 6) is 0.599. The van der Waals surface area contributed by atoms with Crippen molar-refractivity contribution in [1.29, 1.82) is 0 Å². The van der Waals surface area contributed by atoms with Gasteiger partial charge in [0, 0.05) is 50.5 Å². The van der Waals surface area contributed by atoms with E-state index in [4.69, 9.17) is 21.1 Å². The van der Waals surface area contributed by atoms with Gasteiger partial charge in [0.25, 0.3) is 0 Å². The van der Waals surface area contributed by atoms with Crippen molar-refractivity contribution in [3.63, 3.8) is 0 Å². The van der Waals surface area contributed by atoms with Crippen LogP contribution in [0.15, 0.2) is 23.2 Å². The topological polar surface area (TPSA) is 84.0 Å². The Morgan fingerprint density at radius 2 is 2.14 bits per heavy atom. The van der Waals surface area contributed by atoms with Gasteiger partial charge in [-0.25, -0.2) is 0 Å². The van der Waals surface area contributed by atoms with Crippen molar-refractivity contribution in [2.24, 2.45) is 4.99 Å². The van der Waals surface area contributed by atoms with Crippen molar-refractivity contribution in [3.8, 4) is 0 Å². The number of nitrogens with one attached hydrogen (secondary N) is 3. The normalized spacial score (nSPS) is 16.2. The molecule has 1 heterocycles. The van der Waals surface area contributed by atoms with Crippen LogP contribution in [0.25, 0.3) is 0 Å². The molecule has 0 aliphatic carbocycles. The summed E-state index contributed by atoms with van der Waals surface area (Å²) in [5, 5.41) is 9.88. The number of carbonyl (C=O) groups is 1. The SMILES string of the molecule is CN=C(NCCCOCC1CCCO1)NCCC(=O)Nc1cccc(Cl)c1C.I. The Labute approximate surface area is 195 Å². The number of benzene rings is 1. The van der Waals surface area contributed by atoms with Gasteiger partial charge < -0.3 is 25.4 Å². The molecule has 29 heavy (non-hydrogen) atoms. The highest BCUT2D eigenvalue weighted by molar-refractivity contribution is 14.0. The molecule has 0 spiro atoms. The van der Waals surface area contributed by atoms with Crippen LogP contribution in [-0.2, 0) is 14.3 Å². The Balaban J connectivity index is 0.00000420. The maximum atomic E-state index is 12.1. The molecule has 1 fully saturated rings. The molecule has 0 radical (unpaired) electrons. The van der Waals surface area contributed by atoms with E-state index in [0.29, 0.717) is 37.2 Å². The van der Waals surface area contributed by atoms with Crippen LogP contribution in [0, 0.1) is 6.92 Å². The molecular formula is C20H32ClIN4O3. The van der Waals surface area contributed by atoms with Gasteiger partial charge >= 0.3 is 0 Å². The minimum atomic E-state index is -0.0733. The van der Waals surface area contributed by atoms with Gasteiger partial charge in [0.2, 0.25) is 5.91 Å². The molecule has 1 atom stereocenters. The first-order valence-electron chi connectivity index (χ1n) is 9.79. The van der Waals surface area contributed by atoms with Crippen molar-refractivity contribution >= 4 is 53.1 Å². The molecule has 1 aromatic carbocycles. The lowest BCUT2D eigenvalue weighted by atomic mass is 10.2. The highest BCUT2D eigenvalue weighted by Crippen LogP contribution is 2.22. The summed E-state index contributed by atoms with van der Waals surface area (Å²) in [7, 11) is 1.71. The van der Waals surface area contributed by atoms with Crippen LogP contribution < -0.4 is 16.0 Å². The maximum absolute atomic E-state index is 12.1. The molecule has 9 heteroatoms. The van der Waals surface area contributed by atoms with Gasteiger partial charge in [-0.3, -0.25) is 9.79 Å². The van der Waals surface area contributed by atoms with E-state index >= 15 is 0 Å². The predicted octanol–water partition coefficient (Wildman–Crippen LogP) is 3.35. The summed E-state index contributed by atoms with van der Waals surface area (Å²) >= 11 is 6.07. The summed E-state index contributed by atoms with van der Waals surface area (Å²) in [4.78, 5) is 16.3. The van der Waals surface area contributed by atoms with Gasteiger partial charge in [-0.15, -0.1) is 24.0 Å². The van der Waals surface area contributed by atoms with Gasteiger partial charge in [0.05, 0.1) is 12.7 Å². The third kappa shape index (κ3) is 9.97. The number of hydrogen-bond acceptors (Lipinski definition) is 4. The fourth-order valence-corrected chi connectivity index (χ4v) is 3.02. The molecule has 1 unspecified atom stereocenters. The van der Waals surface area contributed by atoms with Crippen LogP contribution in [0.2, 0.25) is 5.02 Å². The van der Waals surface area contributed by atoms with Gasteiger partial charge in [0.15, 0.2) is 5.96 Å². The fraction of sp³-hybridized carbons (Fsp3) is 0.600. The summed E-state index contributed by atoms with van der Waals surface area (Å²) in [6, 6.07) is 5.46. The second kappa shape index (κ2) is 14.8. The Kier molecular flexibility index (Phi) is 13.2. The van der Waals surface area contributed by atoms with Gasteiger partial charge in [-0.05, 0) is 43.9 Å². The van der Waals surface area contributed by atoms with Crippen molar-refractivity contribution in [3.05, 3.63) is 28.8 Å². The average Bonchev–Trinajstić information content (AvgIpc) is 3.20. The first-order valence-corrected chi connectivity index (χ1v) is 10.2. The lowest BCUT2D eigenvalue weighted by Crippen LogP contribution is -2.39. The van der Waals surface area contributed by atoms with Crippen LogP contribution in [0.4, 0.5) is 5.69 Å². The molecule has 0 aromatic heterocycles. The molecule has 1 aliphatic heterocycles. The van der Waals surface area contributed by atoms with Gasteiger partial charge in [0.1, 0.15) is 0 Å². The molecule has 0 saturated carbocycles. The number of anilines is 1. The number of rotatable bonds is 10. The second-order valence-corrected chi connectivity index (χ2v) is 7.11. The Hall–Kier alpha value is -1.10. The van der Waals surface area contributed by atoms with Crippen LogP contribution in [0.5, 0.6) is 0 Å². The minimum Gasteiger partial charge on any atom is -0.379 e. The van der Waals surface area contributed by atoms with E-state index in [9.17, 15) is 4.79 Å². The quantitative estimate of drug-likeness (QED) is 0.184. The van der Waals surface area contributed by atoms with Crippen LogP contribution in [0.1, 0.15) is 31.2 Å². The summed E-state index contributed by atoms with van der Waals surface area (Å²) in [6.45, 7) is 5.33. The summed E-state index contributed by atoms with van der Waals surface area (Å²) < 4.78 is 11.2. The largest absolute Gasteiger partial charge is 0.379 e. The molecule has 2 rings (SSSR count). The third-order valence-corrected chi connectivity index (χ3v) is 4.90. The lowest BCUT2D eigenvalue weighted by molar-refractivity contribution is -0.116. The highest BCUT2D eigenvalue weighted by Gasteiger charge is 2.14. The lowest BCUT2D eigenvalue weighted by Gasteiger charge is -2.13. The zero-order valence-electron chi connectivity index (χ0n) is 17.1. The van der Waals surface area contributed by atoms with Crippen LogP contribution in [-0.4, -0.2) is 57.9 Å². The zero-order chi connectivity index (χ0) is 20.2. The molecular weight excluding hydrogens is 507 g/mol. The number of amides is 1. The van der Waals surface area contributed by atoms with E-state index in [1.54, 1.807) is 13.1 Å². The van der Waals surface area contributed by atoms with E-state index in [1.807, 2.05) is 19.1 Å². The monoisotopic (exact) mass is 538 g/mol. The maximum Gasteiger partial charge on any atom is 0.226 e. The minimum absolute atomic E-state index is 0. The van der Waals surface area contributed by atoms with Gasteiger partial charge in [-0.1, -0.05) is 17.7 Å². The van der Waals surface area contributed by atoms with E-state index in [2.05, 4.69) is 20.9 Å². The van der Waals surface area contributed by atoms with Crippen molar-refractivity contribution in [2.75, 3.05) is 45.3 Å². The zero-order valence-corrected chi connectivity index (χ0v) is 20.2. The number of aliphatic imine (C=N–C) groups is 1. The Morgan fingerprint density at radius 1 is 1.34 bits per heavy atom. The highest BCUT2D eigenvalue weighted by atomic mass is 127. The van der Waals surface area contributed by atoms with Crippen LogP contribution in [0.3, 0.4) is 0 Å². The molecule has 1 aliphatic rings. The Morgan fingerprint density at radius 3 is 2.86 bits per heavy atom. The van der Waals surface area contributed by atoms with Crippen molar-refractivity contribution in [1.82, 2.24) is 10.6 Å².